The summed E-state index contributed by atoms with van der Waals surface area (Å²) in [6, 6.07) is 15.7. The van der Waals surface area contributed by atoms with Gasteiger partial charge in [-0.25, -0.2) is 18.9 Å². The maximum absolute atomic E-state index is 14.5. The monoisotopic (exact) mass is 625 g/mol. The van der Waals surface area contributed by atoms with Gasteiger partial charge >= 0.3 is 0 Å². The third-order valence-electron chi connectivity index (χ3n) is 7.74. The SMILES string of the molecule is Cc1ccn2nc([C@H](C)Nc3ncnc4c3c(-c3cc(O)cc(F)c3)cn4COCC[Si](C)(C)C)n(-c3ccccc3)c(=O)c12. The number of hydrogen-bond acceptors (Lipinski definition) is 7. The molecule has 0 aliphatic heterocycles. The molecule has 2 N–H and O–H groups in total. The molecule has 4 aromatic heterocycles. The zero-order chi connectivity index (χ0) is 31.9. The predicted octanol–water partition coefficient (Wildman–Crippen LogP) is 6.54. The van der Waals surface area contributed by atoms with E-state index in [1.165, 1.54) is 18.5 Å². The number of hydrogen-bond donors (Lipinski definition) is 2. The van der Waals surface area contributed by atoms with Crippen LogP contribution < -0.4 is 10.9 Å². The number of ether oxygens (including phenoxy) is 1. The number of phenols is 1. The smallest absolute Gasteiger partial charge is 0.282 e. The molecule has 6 aromatic rings. The minimum absolute atomic E-state index is 0.187. The van der Waals surface area contributed by atoms with Gasteiger partial charge < -0.3 is 19.7 Å². The Morgan fingerprint density at radius 1 is 1.09 bits per heavy atom. The van der Waals surface area contributed by atoms with Crippen LogP contribution in [0.15, 0.2) is 78.1 Å². The summed E-state index contributed by atoms with van der Waals surface area (Å²) in [7, 11) is -1.29. The average molecular weight is 626 g/mol. The Morgan fingerprint density at radius 2 is 1.87 bits per heavy atom. The molecular weight excluding hydrogens is 589 g/mol. The Labute approximate surface area is 260 Å². The lowest BCUT2D eigenvalue weighted by Crippen LogP contribution is -2.29. The molecule has 0 aliphatic rings. The van der Waals surface area contributed by atoms with Crippen LogP contribution in [-0.4, -0.2) is 48.5 Å². The summed E-state index contributed by atoms with van der Waals surface area (Å²) < 4.78 is 25.6. The van der Waals surface area contributed by atoms with Crippen LogP contribution in [0.1, 0.15) is 24.4 Å². The Morgan fingerprint density at radius 3 is 2.60 bits per heavy atom. The molecule has 0 saturated heterocycles. The molecule has 0 amide bonds. The highest BCUT2D eigenvalue weighted by atomic mass is 28.3. The van der Waals surface area contributed by atoms with Gasteiger partial charge in [0, 0.05) is 38.7 Å². The maximum atomic E-state index is 14.5. The van der Waals surface area contributed by atoms with Gasteiger partial charge in [-0.1, -0.05) is 37.8 Å². The van der Waals surface area contributed by atoms with Crippen molar-refractivity contribution in [2.24, 2.45) is 0 Å². The molecule has 0 radical (unpaired) electrons. The Kier molecular flexibility index (Phi) is 8.02. The van der Waals surface area contributed by atoms with E-state index in [0.29, 0.717) is 51.6 Å². The van der Waals surface area contributed by atoms with Gasteiger partial charge in [0.2, 0.25) is 0 Å². The highest BCUT2D eigenvalue weighted by Gasteiger charge is 2.23. The number of para-hydroxylation sites is 1. The summed E-state index contributed by atoms with van der Waals surface area (Å²) in [5, 5.41) is 19.2. The molecule has 1 atom stereocenters. The molecule has 0 unspecified atom stereocenters. The third-order valence-corrected chi connectivity index (χ3v) is 9.45. The molecule has 0 spiro atoms. The second-order valence-electron chi connectivity index (χ2n) is 12.5. The fraction of sp³-hybridized carbons (Fsp3) is 0.273. The van der Waals surface area contributed by atoms with Crippen molar-refractivity contribution in [1.29, 1.82) is 0 Å². The van der Waals surface area contributed by atoms with Gasteiger partial charge in [-0.3, -0.25) is 9.36 Å². The zero-order valence-corrected chi connectivity index (χ0v) is 27.0. The molecule has 0 fully saturated rings. The largest absolute Gasteiger partial charge is 0.508 e. The van der Waals surface area contributed by atoms with E-state index in [-0.39, 0.29) is 18.0 Å². The Balaban J connectivity index is 1.46. The summed E-state index contributed by atoms with van der Waals surface area (Å²) in [4.78, 5) is 23.0. The van der Waals surface area contributed by atoms with Gasteiger partial charge in [0.05, 0.1) is 17.1 Å². The van der Waals surface area contributed by atoms with Crippen molar-refractivity contribution in [1.82, 2.24) is 28.7 Å². The van der Waals surface area contributed by atoms with Gasteiger partial charge in [0.1, 0.15) is 41.6 Å². The summed E-state index contributed by atoms with van der Waals surface area (Å²) in [6.45, 7) is 11.5. The standard InChI is InChI=1S/C33H36FN7O3Si/c1-21-11-12-40-29(21)33(43)41(25-9-7-6-8-10-25)31(38-40)22(2)37-30-28-27(23-15-24(34)17-26(42)16-23)18-39(32(28)36-19-35-30)20-44-13-14-45(3,4)5/h6-12,15-19,22,42H,13-14,20H2,1-5H3,(H,35,36,37)/t22-/m0/s1. The van der Waals surface area contributed by atoms with E-state index >= 15 is 0 Å². The van der Waals surface area contributed by atoms with Crippen LogP contribution in [0.4, 0.5) is 10.2 Å². The topological polar surface area (TPSA) is 112 Å². The van der Waals surface area contributed by atoms with Crippen LogP contribution in [0.5, 0.6) is 5.75 Å². The van der Waals surface area contributed by atoms with Crippen molar-refractivity contribution < 1.29 is 14.2 Å². The molecule has 0 bridgehead atoms. The number of aromatic nitrogens is 6. The average Bonchev–Trinajstić information content (AvgIpc) is 3.56. The van der Waals surface area contributed by atoms with Crippen molar-refractivity contribution in [3.63, 3.8) is 0 Å². The number of aromatic hydroxyl groups is 1. The minimum atomic E-state index is -1.29. The number of nitrogens with one attached hydrogen (secondary N) is 1. The molecule has 232 valence electrons. The Hall–Kier alpha value is -4.81. The van der Waals surface area contributed by atoms with E-state index in [9.17, 15) is 14.3 Å². The molecule has 10 nitrogen and oxygen atoms in total. The number of benzene rings is 2. The lowest BCUT2D eigenvalue weighted by Gasteiger charge is -2.20. The highest BCUT2D eigenvalue weighted by molar-refractivity contribution is 6.76. The van der Waals surface area contributed by atoms with Gasteiger partial charge in [-0.15, -0.1) is 0 Å². The van der Waals surface area contributed by atoms with E-state index in [4.69, 9.17) is 9.84 Å². The molecular formula is C33H36FN7O3Si. The second-order valence-corrected chi connectivity index (χ2v) is 18.1. The first-order valence-electron chi connectivity index (χ1n) is 14.8. The van der Waals surface area contributed by atoms with E-state index in [1.54, 1.807) is 15.3 Å². The summed E-state index contributed by atoms with van der Waals surface area (Å²) in [5.74, 6) is 0.177. The highest BCUT2D eigenvalue weighted by Crippen LogP contribution is 2.37. The lowest BCUT2D eigenvalue weighted by atomic mass is 10.1. The van der Waals surface area contributed by atoms with E-state index in [0.717, 1.165) is 17.7 Å². The van der Waals surface area contributed by atoms with E-state index in [1.807, 2.05) is 61.0 Å². The molecule has 2 aromatic carbocycles. The van der Waals surface area contributed by atoms with Crippen LogP contribution in [0.2, 0.25) is 25.7 Å². The molecule has 4 heterocycles. The number of nitrogens with zero attached hydrogens (tertiary/aromatic N) is 6. The minimum Gasteiger partial charge on any atom is -0.508 e. The maximum Gasteiger partial charge on any atom is 0.282 e. The molecule has 0 saturated carbocycles. The zero-order valence-electron chi connectivity index (χ0n) is 26.0. The van der Waals surface area contributed by atoms with Crippen LogP contribution >= 0.6 is 0 Å². The molecule has 6 rings (SSSR count). The number of halogens is 1. The summed E-state index contributed by atoms with van der Waals surface area (Å²) in [6.07, 6.45) is 5.07. The first-order chi connectivity index (χ1) is 21.5. The van der Waals surface area contributed by atoms with Crippen molar-refractivity contribution in [2.45, 2.75) is 52.3 Å². The van der Waals surface area contributed by atoms with Crippen LogP contribution in [-0.2, 0) is 11.5 Å². The van der Waals surface area contributed by atoms with E-state index < -0.39 is 19.9 Å². The van der Waals surface area contributed by atoms with Crippen LogP contribution in [0, 0.1) is 12.7 Å². The van der Waals surface area contributed by atoms with Crippen LogP contribution in [0.3, 0.4) is 0 Å². The van der Waals surface area contributed by atoms with Gasteiger partial charge in [0.15, 0.2) is 5.82 Å². The van der Waals surface area contributed by atoms with Crippen molar-refractivity contribution in [2.75, 3.05) is 11.9 Å². The van der Waals surface area contributed by atoms with Gasteiger partial charge in [-0.2, -0.15) is 5.10 Å². The van der Waals surface area contributed by atoms with Crippen molar-refractivity contribution in [3.05, 3.63) is 101 Å². The quantitative estimate of drug-likeness (QED) is 0.131. The number of aryl methyl sites for hydroxylation is 1. The number of fused-ring (bicyclic) bond motifs is 2. The Bertz CT molecular complexity index is 2040. The molecule has 45 heavy (non-hydrogen) atoms. The second kappa shape index (κ2) is 11.9. The normalized spacial score (nSPS) is 12.7. The van der Waals surface area contributed by atoms with Crippen molar-refractivity contribution >= 4 is 30.4 Å². The summed E-state index contributed by atoms with van der Waals surface area (Å²) >= 11 is 0. The van der Waals surface area contributed by atoms with Crippen molar-refractivity contribution in [3.8, 4) is 22.6 Å². The molecule has 12 heteroatoms. The fourth-order valence-electron chi connectivity index (χ4n) is 5.43. The van der Waals surface area contributed by atoms with E-state index in [2.05, 4.69) is 34.9 Å². The number of anilines is 1. The summed E-state index contributed by atoms with van der Waals surface area (Å²) in [5.41, 5.74) is 3.49. The van der Waals surface area contributed by atoms with Gasteiger partial charge in [0.25, 0.3) is 5.56 Å². The first-order valence-corrected chi connectivity index (χ1v) is 18.6. The fourth-order valence-corrected chi connectivity index (χ4v) is 6.19. The first kappa shape index (κ1) is 30.2. The number of rotatable bonds is 10. The molecule has 0 aliphatic carbocycles. The third kappa shape index (κ3) is 6.11. The number of phenolic OH excluding ortho intramolecular Hbond substituents is 1. The lowest BCUT2D eigenvalue weighted by molar-refractivity contribution is 0.0899. The van der Waals surface area contributed by atoms with Crippen LogP contribution in [0.25, 0.3) is 33.4 Å². The predicted molar refractivity (Wildman–Crippen MR) is 176 cm³/mol. The van der Waals surface area contributed by atoms with Gasteiger partial charge in [-0.05, 0) is 61.4 Å².